The van der Waals surface area contributed by atoms with E-state index in [1.807, 2.05) is 13.0 Å². The second-order valence-electron chi connectivity index (χ2n) is 4.39. The number of hydrogen-bond acceptors (Lipinski definition) is 4. The van der Waals surface area contributed by atoms with Crippen LogP contribution in [-0.2, 0) is 16.0 Å². The van der Waals surface area contributed by atoms with E-state index in [2.05, 4.69) is 10.3 Å². The van der Waals surface area contributed by atoms with Crippen molar-refractivity contribution < 1.29 is 9.53 Å². The zero-order chi connectivity index (χ0) is 14.7. The van der Waals surface area contributed by atoms with Gasteiger partial charge in [0.15, 0.2) is 0 Å². The number of carbonyl (C=O) groups excluding carboxylic acids is 1. The Morgan fingerprint density at radius 2 is 2.45 bits per heavy atom. The first-order chi connectivity index (χ1) is 9.56. The van der Waals surface area contributed by atoms with Crippen molar-refractivity contribution in [1.82, 2.24) is 10.3 Å². The zero-order valence-corrected chi connectivity index (χ0v) is 12.0. The molecule has 0 saturated heterocycles. The van der Waals surface area contributed by atoms with Crippen LogP contribution in [0, 0.1) is 11.3 Å². The van der Waals surface area contributed by atoms with Crippen molar-refractivity contribution in [3.05, 3.63) is 33.7 Å². The van der Waals surface area contributed by atoms with Gasteiger partial charge in [-0.15, -0.1) is 0 Å². The predicted molar refractivity (Wildman–Crippen MR) is 74.9 cm³/mol. The molecule has 5 nitrogen and oxygen atoms in total. The van der Waals surface area contributed by atoms with Crippen LogP contribution >= 0.6 is 11.6 Å². The molecule has 2 rings (SSSR count). The number of nitrogens with zero attached hydrogens (tertiary/aromatic N) is 2. The minimum absolute atomic E-state index is 0.176. The van der Waals surface area contributed by atoms with Crippen molar-refractivity contribution in [2.45, 2.75) is 26.4 Å². The van der Waals surface area contributed by atoms with Crippen LogP contribution in [0.4, 0.5) is 0 Å². The SMILES string of the molecule is CCOC1Cc2ncc(C#N)c(Cl)c2C=C1NC(C)=O. The van der Waals surface area contributed by atoms with Gasteiger partial charge >= 0.3 is 0 Å². The first-order valence-corrected chi connectivity index (χ1v) is 6.62. The van der Waals surface area contributed by atoms with Gasteiger partial charge in [-0.2, -0.15) is 5.26 Å². The molecule has 6 heteroatoms. The lowest BCUT2D eigenvalue weighted by Gasteiger charge is -2.26. The molecular formula is C14H14ClN3O2. The lowest BCUT2D eigenvalue weighted by atomic mass is 9.96. The van der Waals surface area contributed by atoms with Gasteiger partial charge in [0.1, 0.15) is 12.2 Å². The molecule has 104 valence electrons. The fraction of sp³-hybridized carbons (Fsp3) is 0.357. The van der Waals surface area contributed by atoms with Gasteiger partial charge in [0, 0.05) is 37.4 Å². The van der Waals surface area contributed by atoms with Gasteiger partial charge < -0.3 is 10.1 Å². The van der Waals surface area contributed by atoms with E-state index < -0.39 is 0 Å². The van der Waals surface area contributed by atoms with Crippen LogP contribution < -0.4 is 5.32 Å². The molecule has 0 aliphatic heterocycles. The Kier molecular flexibility index (Phi) is 4.38. The predicted octanol–water partition coefficient (Wildman–Crippen LogP) is 2.04. The quantitative estimate of drug-likeness (QED) is 0.925. The normalized spacial score (nSPS) is 16.9. The summed E-state index contributed by atoms with van der Waals surface area (Å²) < 4.78 is 5.62. The van der Waals surface area contributed by atoms with E-state index in [0.717, 1.165) is 5.69 Å². The molecule has 0 bridgehead atoms. The smallest absolute Gasteiger partial charge is 0.221 e. The average Bonchev–Trinajstić information content (AvgIpc) is 2.40. The summed E-state index contributed by atoms with van der Waals surface area (Å²) in [5, 5.41) is 12.1. The maximum Gasteiger partial charge on any atom is 0.221 e. The molecule has 0 fully saturated rings. The molecule has 1 atom stereocenters. The summed E-state index contributed by atoms with van der Waals surface area (Å²) in [6, 6.07) is 2.00. The highest BCUT2D eigenvalue weighted by Crippen LogP contribution is 2.31. The van der Waals surface area contributed by atoms with E-state index in [-0.39, 0.29) is 12.0 Å². The second-order valence-corrected chi connectivity index (χ2v) is 4.76. The first-order valence-electron chi connectivity index (χ1n) is 6.25. The molecular weight excluding hydrogens is 278 g/mol. The zero-order valence-electron chi connectivity index (χ0n) is 11.2. The highest BCUT2D eigenvalue weighted by molar-refractivity contribution is 6.33. The molecule has 1 aliphatic carbocycles. The Morgan fingerprint density at radius 3 is 3.05 bits per heavy atom. The van der Waals surface area contributed by atoms with Crippen LogP contribution in [-0.4, -0.2) is 23.6 Å². The minimum Gasteiger partial charge on any atom is -0.372 e. The summed E-state index contributed by atoms with van der Waals surface area (Å²) >= 11 is 6.19. The number of amides is 1. The Morgan fingerprint density at radius 1 is 1.70 bits per heavy atom. The molecule has 0 aromatic carbocycles. The maximum absolute atomic E-state index is 11.3. The second kappa shape index (κ2) is 6.04. The van der Waals surface area contributed by atoms with Gasteiger partial charge in [-0.05, 0) is 13.0 Å². The molecule has 0 spiro atoms. The fourth-order valence-electron chi connectivity index (χ4n) is 2.13. The number of carbonyl (C=O) groups is 1. The van der Waals surface area contributed by atoms with Gasteiger partial charge in [-0.1, -0.05) is 11.6 Å². The summed E-state index contributed by atoms with van der Waals surface area (Å²) in [5.41, 5.74) is 2.40. The third-order valence-electron chi connectivity index (χ3n) is 2.97. The monoisotopic (exact) mass is 291 g/mol. The number of aromatic nitrogens is 1. The number of rotatable bonds is 3. The van der Waals surface area contributed by atoms with E-state index in [1.165, 1.54) is 13.1 Å². The minimum atomic E-state index is -0.257. The van der Waals surface area contributed by atoms with E-state index in [4.69, 9.17) is 21.6 Å². The molecule has 0 saturated carbocycles. The van der Waals surface area contributed by atoms with Crippen LogP contribution in [0.15, 0.2) is 11.9 Å². The summed E-state index contributed by atoms with van der Waals surface area (Å²) in [6.07, 6.45) is 3.45. The third-order valence-corrected chi connectivity index (χ3v) is 3.37. The molecule has 1 aliphatic rings. The molecule has 0 radical (unpaired) electrons. The van der Waals surface area contributed by atoms with Crippen molar-refractivity contribution in [1.29, 1.82) is 5.26 Å². The molecule has 1 N–H and O–H groups in total. The summed E-state index contributed by atoms with van der Waals surface area (Å²) in [4.78, 5) is 15.5. The van der Waals surface area contributed by atoms with Crippen molar-refractivity contribution >= 4 is 23.6 Å². The largest absolute Gasteiger partial charge is 0.372 e. The molecule has 1 unspecified atom stereocenters. The Labute approximate surface area is 122 Å². The van der Waals surface area contributed by atoms with Gasteiger partial charge in [-0.25, -0.2) is 0 Å². The Bertz CT molecular complexity index is 620. The first kappa shape index (κ1) is 14.5. The third kappa shape index (κ3) is 2.82. The van der Waals surface area contributed by atoms with Crippen LogP contribution in [0.3, 0.4) is 0 Å². The van der Waals surface area contributed by atoms with Crippen molar-refractivity contribution in [2.24, 2.45) is 0 Å². The average molecular weight is 292 g/mol. The van der Waals surface area contributed by atoms with Crippen molar-refractivity contribution in [3.8, 4) is 6.07 Å². The number of fused-ring (bicyclic) bond motifs is 1. The fourth-order valence-corrected chi connectivity index (χ4v) is 2.39. The number of nitriles is 1. The molecule has 1 aromatic rings. The van der Waals surface area contributed by atoms with Crippen LogP contribution in [0.2, 0.25) is 5.02 Å². The molecule has 20 heavy (non-hydrogen) atoms. The highest BCUT2D eigenvalue weighted by Gasteiger charge is 2.26. The standard InChI is InChI=1S/C14H14ClN3O2/c1-3-20-13-5-11-10(4-12(13)18-8(2)19)14(15)9(6-16)7-17-11/h4,7,13H,3,5H2,1-2H3,(H,18,19). The van der Waals surface area contributed by atoms with E-state index in [0.29, 0.717) is 34.9 Å². The topological polar surface area (TPSA) is 75.0 Å². The summed E-state index contributed by atoms with van der Waals surface area (Å²) in [5.74, 6) is -0.176. The van der Waals surface area contributed by atoms with Crippen LogP contribution in [0.25, 0.3) is 6.08 Å². The number of pyridine rings is 1. The van der Waals surface area contributed by atoms with E-state index >= 15 is 0 Å². The van der Waals surface area contributed by atoms with Crippen molar-refractivity contribution in [3.63, 3.8) is 0 Å². The number of hydrogen-bond donors (Lipinski definition) is 1. The van der Waals surface area contributed by atoms with Gasteiger partial charge in [0.05, 0.1) is 16.3 Å². The highest BCUT2D eigenvalue weighted by atomic mass is 35.5. The van der Waals surface area contributed by atoms with Gasteiger partial charge in [-0.3, -0.25) is 9.78 Å². The van der Waals surface area contributed by atoms with Gasteiger partial charge in [0.25, 0.3) is 0 Å². The summed E-state index contributed by atoms with van der Waals surface area (Å²) in [7, 11) is 0. The molecule has 1 amide bonds. The molecule has 1 aromatic heterocycles. The lowest BCUT2D eigenvalue weighted by molar-refractivity contribution is -0.118. The van der Waals surface area contributed by atoms with Crippen LogP contribution in [0.5, 0.6) is 0 Å². The van der Waals surface area contributed by atoms with Crippen LogP contribution in [0.1, 0.15) is 30.7 Å². The van der Waals surface area contributed by atoms with E-state index in [1.54, 1.807) is 6.08 Å². The van der Waals surface area contributed by atoms with E-state index in [9.17, 15) is 4.79 Å². The molecule has 1 heterocycles. The maximum atomic E-state index is 11.3. The Balaban J connectivity index is 2.48. The Hall–Kier alpha value is -1.90. The number of nitrogens with one attached hydrogen (secondary N) is 1. The van der Waals surface area contributed by atoms with Crippen molar-refractivity contribution in [2.75, 3.05) is 6.61 Å². The number of halogens is 1. The van der Waals surface area contributed by atoms with Gasteiger partial charge in [0.2, 0.25) is 5.91 Å². The number of ether oxygens (including phenoxy) is 1. The summed E-state index contributed by atoms with van der Waals surface area (Å²) in [6.45, 7) is 3.85. The lowest BCUT2D eigenvalue weighted by Crippen LogP contribution is -2.33.